The molecule has 2 N–H and O–H groups in total. The number of sulfonamides is 1. The number of nitrogens with two attached hydrogens (primary N) is 1. The molecule has 0 aliphatic carbocycles. The molecule has 1 aromatic heterocycles. The fourth-order valence-electron chi connectivity index (χ4n) is 2.50. The van der Waals surface area contributed by atoms with E-state index in [2.05, 4.69) is 18.7 Å². The Morgan fingerprint density at radius 3 is 2.79 bits per heavy atom. The average molecular weight is 303 g/mol. The van der Waals surface area contributed by atoms with Gasteiger partial charge in [-0.25, -0.2) is 8.42 Å². The van der Waals surface area contributed by atoms with Crippen molar-refractivity contribution >= 4 is 21.4 Å². The normalized spacial score (nSPS) is 22.8. The first-order valence-corrected chi connectivity index (χ1v) is 8.83. The van der Waals surface area contributed by atoms with Crippen molar-refractivity contribution in [2.45, 2.75) is 31.3 Å². The van der Waals surface area contributed by atoms with Crippen LogP contribution >= 0.6 is 11.3 Å². The van der Waals surface area contributed by atoms with Crippen molar-refractivity contribution in [3.05, 3.63) is 16.3 Å². The molecule has 108 valence electrons. The van der Waals surface area contributed by atoms with E-state index in [0.717, 1.165) is 18.0 Å². The van der Waals surface area contributed by atoms with Gasteiger partial charge in [0.15, 0.2) is 0 Å². The van der Waals surface area contributed by atoms with Gasteiger partial charge in [0.1, 0.15) is 0 Å². The third-order valence-electron chi connectivity index (χ3n) is 3.64. The zero-order chi connectivity index (χ0) is 14.0. The van der Waals surface area contributed by atoms with E-state index in [1.54, 1.807) is 15.8 Å². The number of likely N-dealkylation sites (N-methyl/N-ethyl adjacent to an activating group) is 1. The fourth-order valence-corrected chi connectivity index (χ4v) is 5.31. The highest BCUT2D eigenvalue weighted by molar-refractivity contribution is 7.89. The summed E-state index contributed by atoms with van der Waals surface area (Å²) in [7, 11) is -3.39. The Labute approximate surface area is 119 Å². The number of hydrogen-bond donors (Lipinski definition) is 1. The van der Waals surface area contributed by atoms with Crippen molar-refractivity contribution in [3.63, 3.8) is 0 Å². The van der Waals surface area contributed by atoms with Gasteiger partial charge >= 0.3 is 0 Å². The molecule has 1 unspecified atom stereocenters. The van der Waals surface area contributed by atoms with Crippen molar-refractivity contribution in [2.75, 3.05) is 26.2 Å². The smallest absolute Gasteiger partial charge is 0.244 e. The lowest BCUT2D eigenvalue weighted by molar-refractivity contribution is 0.135. The lowest BCUT2D eigenvalue weighted by atomic mass is 10.2. The highest BCUT2D eigenvalue weighted by atomic mass is 32.2. The fraction of sp³-hybridized carbons (Fsp3) is 0.667. The molecule has 1 aromatic rings. The van der Waals surface area contributed by atoms with Crippen molar-refractivity contribution in [1.29, 1.82) is 0 Å². The van der Waals surface area contributed by atoms with Crippen LogP contribution in [0.3, 0.4) is 0 Å². The second kappa shape index (κ2) is 5.88. The molecule has 5 nitrogen and oxygen atoms in total. The minimum Gasteiger partial charge on any atom is -0.326 e. The quantitative estimate of drug-likeness (QED) is 0.898. The molecular formula is C12H21N3O2S2. The van der Waals surface area contributed by atoms with E-state index in [1.807, 2.05) is 0 Å². The predicted octanol–water partition coefficient (Wildman–Crippen LogP) is 0.921. The first kappa shape index (κ1) is 14.9. The van der Waals surface area contributed by atoms with Gasteiger partial charge in [0, 0.05) is 37.1 Å². The first-order valence-electron chi connectivity index (χ1n) is 6.51. The highest BCUT2D eigenvalue weighted by Gasteiger charge is 2.33. The Hall–Kier alpha value is -0.470. The molecule has 0 spiro atoms. The molecule has 1 atom stereocenters. The van der Waals surface area contributed by atoms with Crippen molar-refractivity contribution < 1.29 is 8.42 Å². The van der Waals surface area contributed by atoms with E-state index < -0.39 is 10.0 Å². The minimum atomic E-state index is -3.39. The molecule has 1 fully saturated rings. The van der Waals surface area contributed by atoms with E-state index in [-0.39, 0.29) is 12.6 Å². The summed E-state index contributed by atoms with van der Waals surface area (Å²) in [5, 5.41) is 1.79. The van der Waals surface area contributed by atoms with Gasteiger partial charge in [-0.3, -0.25) is 4.90 Å². The van der Waals surface area contributed by atoms with Crippen LogP contribution in [-0.4, -0.2) is 49.8 Å². The summed E-state index contributed by atoms with van der Waals surface area (Å²) in [6.07, 6.45) is 0. The van der Waals surface area contributed by atoms with E-state index in [0.29, 0.717) is 18.0 Å². The summed E-state index contributed by atoms with van der Waals surface area (Å²) < 4.78 is 26.8. The van der Waals surface area contributed by atoms with Gasteiger partial charge in [-0.05, 0) is 24.9 Å². The molecule has 0 aromatic carbocycles. The standard InChI is InChI=1S/C12H21N3O2S2/c1-3-14-5-6-15(9-10(14)2)19(16,17)12-4-7-18-11(12)8-13/h4,7,10H,3,5-6,8-9,13H2,1-2H3. The van der Waals surface area contributed by atoms with E-state index in [9.17, 15) is 8.42 Å². The maximum absolute atomic E-state index is 12.6. The topological polar surface area (TPSA) is 66.6 Å². The summed E-state index contributed by atoms with van der Waals surface area (Å²) in [4.78, 5) is 3.42. The Balaban J connectivity index is 2.22. The molecule has 0 bridgehead atoms. The van der Waals surface area contributed by atoms with E-state index in [1.165, 1.54) is 11.3 Å². The lowest BCUT2D eigenvalue weighted by Crippen LogP contribution is -2.53. The van der Waals surface area contributed by atoms with Gasteiger partial charge in [-0.15, -0.1) is 11.3 Å². The number of nitrogens with zero attached hydrogens (tertiary/aromatic N) is 2. The van der Waals surface area contributed by atoms with Gasteiger partial charge in [-0.1, -0.05) is 6.92 Å². The summed E-state index contributed by atoms with van der Waals surface area (Å²) in [6.45, 7) is 7.31. The van der Waals surface area contributed by atoms with Gasteiger partial charge in [0.25, 0.3) is 0 Å². The molecule has 0 saturated carbocycles. The van der Waals surface area contributed by atoms with Crippen LogP contribution in [0, 0.1) is 0 Å². The van der Waals surface area contributed by atoms with Crippen LogP contribution < -0.4 is 5.73 Å². The van der Waals surface area contributed by atoms with Gasteiger partial charge in [0.05, 0.1) is 4.90 Å². The number of rotatable bonds is 4. The molecule has 0 amide bonds. The Morgan fingerprint density at radius 1 is 1.47 bits per heavy atom. The third-order valence-corrected chi connectivity index (χ3v) is 6.66. The Morgan fingerprint density at radius 2 is 2.21 bits per heavy atom. The maximum atomic E-state index is 12.6. The summed E-state index contributed by atoms with van der Waals surface area (Å²) in [5.41, 5.74) is 5.61. The number of hydrogen-bond acceptors (Lipinski definition) is 5. The zero-order valence-corrected chi connectivity index (χ0v) is 13.0. The van der Waals surface area contributed by atoms with Crippen LogP contribution in [0.15, 0.2) is 16.3 Å². The molecule has 0 radical (unpaired) electrons. The molecule has 7 heteroatoms. The Bertz CT molecular complexity index is 527. The van der Waals surface area contributed by atoms with Crippen molar-refractivity contribution in [2.24, 2.45) is 5.73 Å². The van der Waals surface area contributed by atoms with Gasteiger partial charge in [0.2, 0.25) is 10.0 Å². The molecule has 2 rings (SSSR count). The van der Waals surface area contributed by atoms with E-state index >= 15 is 0 Å². The van der Waals surface area contributed by atoms with Crippen LogP contribution in [0.25, 0.3) is 0 Å². The predicted molar refractivity (Wildman–Crippen MR) is 77.7 cm³/mol. The monoisotopic (exact) mass is 303 g/mol. The second-order valence-electron chi connectivity index (χ2n) is 4.75. The van der Waals surface area contributed by atoms with Crippen LogP contribution in [0.4, 0.5) is 0 Å². The summed E-state index contributed by atoms with van der Waals surface area (Å²) in [5.74, 6) is 0. The first-order chi connectivity index (χ1) is 9.00. The average Bonchev–Trinajstić information content (AvgIpc) is 2.87. The van der Waals surface area contributed by atoms with Gasteiger partial charge < -0.3 is 5.73 Å². The Kier molecular flexibility index (Phi) is 4.62. The van der Waals surface area contributed by atoms with Crippen LogP contribution in [0.2, 0.25) is 0 Å². The van der Waals surface area contributed by atoms with E-state index in [4.69, 9.17) is 5.73 Å². The van der Waals surface area contributed by atoms with Crippen LogP contribution in [-0.2, 0) is 16.6 Å². The van der Waals surface area contributed by atoms with Crippen molar-refractivity contribution in [1.82, 2.24) is 9.21 Å². The summed E-state index contributed by atoms with van der Waals surface area (Å²) in [6, 6.07) is 1.92. The minimum absolute atomic E-state index is 0.258. The lowest BCUT2D eigenvalue weighted by Gasteiger charge is -2.38. The number of thiophene rings is 1. The molecule has 1 aliphatic heterocycles. The molecule has 2 heterocycles. The highest BCUT2D eigenvalue weighted by Crippen LogP contribution is 2.26. The molecular weight excluding hydrogens is 282 g/mol. The maximum Gasteiger partial charge on any atom is 0.244 e. The van der Waals surface area contributed by atoms with Gasteiger partial charge in [-0.2, -0.15) is 4.31 Å². The van der Waals surface area contributed by atoms with Crippen LogP contribution in [0.5, 0.6) is 0 Å². The molecule has 19 heavy (non-hydrogen) atoms. The van der Waals surface area contributed by atoms with Crippen LogP contribution in [0.1, 0.15) is 18.7 Å². The summed E-state index contributed by atoms with van der Waals surface area (Å²) >= 11 is 1.41. The number of piperazine rings is 1. The second-order valence-corrected chi connectivity index (χ2v) is 7.66. The molecule has 1 saturated heterocycles. The largest absolute Gasteiger partial charge is 0.326 e. The molecule has 1 aliphatic rings. The van der Waals surface area contributed by atoms with Crippen molar-refractivity contribution in [3.8, 4) is 0 Å². The third kappa shape index (κ3) is 2.85. The zero-order valence-electron chi connectivity index (χ0n) is 11.4. The SMILES string of the molecule is CCN1CCN(S(=O)(=O)c2ccsc2CN)CC1C.